The summed E-state index contributed by atoms with van der Waals surface area (Å²) in [6, 6.07) is 3.49. The summed E-state index contributed by atoms with van der Waals surface area (Å²) in [4.78, 5) is 26.7. The van der Waals surface area contributed by atoms with Crippen molar-refractivity contribution in [2.75, 3.05) is 32.8 Å². The fourth-order valence-corrected chi connectivity index (χ4v) is 2.10. The molecule has 1 aromatic rings. The summed E-state index contributed by atoms with van der Waals surface area (Å²) < 4.78 is 5.43. The lowest BCUT2D eigenvalue weighted by atomic mass is 10.3. The van der Waals surface area contributed by atoms with E-state index in [9.17, 15) is 9.59 Å². The molecule has 19 heavy (non-hydrogen) atoms. The Morgan fingerprint density at radius 3 is 2.37 bits per heavy atom. The SMILES string of the molecule is CCc1ccc(C(=O)N2CCN(C(=O)CO)CC2)o1. The number of furan rings is 1. The number of piperazine rings is 1. The molecule has 0 radical (unpaired) electrons. The first-order chi connectivity index (χ1) is 9.15. The first-order valence-corrected chi connectivity index (χ1v) is 6.42. The fourth-order valence-electron chi connectivity index (χ4n) is 2.10. The molecule has 6 heteroatoms. The first-order valence-electron chi connectivity index (χ1n) is 6.42. The lowest BCUT2D eigenvalue weighted by molar-refractivity contribution is -0.135. The lowest BCUT2D eigenvalue weighted by Gasteiger charge is -2.34. The molecule has 1 aliphatic rings. The molecule has 0 saturated carbocycles. The van der Waals surface area contributed by atoms with Crippen LogP contribution in [0.2, 0.25) is 0 Å². The number of nitrogens with zero attached hydrogens (tertiary/aromatic N) is 2. The molecule has 0 spiro atoms. The quantitative estimate of drug-likeness (QED) is 0.843. The number of aliphatic hydroxyl groups is 1. The van der Waals surface area contributed by atoms with Crippen molar-refractivity contribution in [3.8, 4) is 0 Å². The fraction of sp³-hybridized carbons (Fsp3) is 0.538. The van der Waals surface area contributed by atoms with Crippen LogP contribution in [0, 0.1) is 0 Å². The summed E-state index contributed by atoms with van der Waals surface area (Å²) in [6.45, 7) is 3.32. The van der Waals surface area contributed by atoms with Crippen molar-refractivity contribution in [3.05, 3.63) is 23.7 Å². The van der Waals surface area contributed by atoms with E-state index in [1.54, 1.807) is 21.9 Å². The number of aliphatic hydroxyl groups excluding tert-OH is 1. The molecule has 1 N–H and O–H groups in total. The molecule has 1 aromatic heterocycles. The van der Waals surface area contributed by atoms with Gasteiger partial charge in [-0.05, 0) is 12.1 Å². The van der Waals surface area contributed by atoms with E-state index in [4.69, 9.17) is 9.52 Å². The molecule has 1 fully saturated rings. The molecule has 104 valence electrons. The van der Waals surface area contributed by atoms with E-state index < -0.39 is 6.61 Å². The summed E-state index contributed by atoms with van der Waals surface area (Å²) in [5, 5.41) is 8.78. The summed E-state index contributed by atoms with van der Waals surface area (Å²) in [5.74, 6) is 0.699. The zero-order chi connectivity index (χ0) is 13.8. The van der Waals surface area contributed by atoms with Crippen LogP contribution in [0.4, 0.5) is 0 Å². The summed E-state index contributed by atoms with van der Waals surface area (Å²) >= 11 is 0. The minimum absolute atomic E-state index is 0.143. The van der Waals surface area contributed by atoms with Gasteiger partial charge in [0, 0.05) is 32.6 Å². The molecule has 6 nitrogen and oxygen atoms in total. The summed E-state index contributed by atoms with van der Waals surface area (Å²) in [5.41, 5.74) is 0. The van der Waals surface area contributed by atoms with Crippen molar-refractivity contribution >= 4 is 11.8 Å². The van der Waals surface area contributed by atoms with Gasteiger partial charge in [-0.15, -0.1) is 0 Å². The Morgan fingerprint density at radius 2 is 1.84 bits per heavy atom. The molecule has 1 aliphatic heterocycles. The Bertz CT molecular complexity index is 461. The highest BCUT2D eigenvalue weighted by molar-refractivity contribution is 5.91. The number of rotatable bonds is 3. The predicted molar refractivity (Wildman–Crippen MR) is 67.7 cm³/mol. The van der Waals surface area contributed by atoms with Gasteiger partial charge >= 0.3 is 0 Å². The highest BCUT2D eigenvalue weighted by Gasteiger charge is 2.25. The van der Waals surface area contributed by atoms with Gasteiger partial charge in [0.05, 0.1) is 0 Å². The second-order valence-corrected chi connectivity index (χ2v) is 4.45. The van der Waals surface area contributed by atoms with Gasteiger partial charge in [-0.1, -0.05) is 6.92 Å². The molecular formula is C13H18N2O4. The zero-order valence-corrected chi connectivity index (χ0v) is 11.0. The number of hydrogen-bond donors (Lipinski definition) is 1. The molecule has 0 aliphatic carbocycles. The van der Waals surface area contributed by atoms with E-state index in [0.717, 1.165) is 12.2 Å². The predicted octanol–water partition coefficient (Wildman–Crippen LogP) is 0.119. The minimum Gasteiger partial charge on any atom is -0.456 e. The first kappa shape index (κ1) is 13.6. The summed E-state index contributed by atoms with van der Waals surface area (Å²) in [6.07, 6.45) is 0.756. The molecular weight excluding hydrogens is 248 g/mol. The number of carbonyl (C=O) groups excluding carboxylic acids is 2. The van der Waals surface area contributed by atoms with E-state index in [1.807, 2.05) is 6.92 Å². The topological polar surface area (TPSA) is 74.0 Å². The standard InChI is InChI=1S/C13H18N2O4/c1-2-10-3-4-11(19-10)13(18)15-7-5-14(6-8-15)12(17)9-16/h3-4,16H,2,5-9H2,1H3. The highest BCUT2D eigenvalue weighted by Crippen LogP contribution is 2.13. The van der Waals surface area contributed by atoms with Crippen LogP contribution in [-0.2, 0) is 11.2 Å². The Morgan fingerprint density at radius 1 is 1.21 bits per heavy atom. The van der Waals surface area contributed by atoms with Gasteiger partial charge in [-0.25, -0.2) is 0 Å². The van der Waals surface area contributed by atoms with Gasteiger partial charge in [0.2, 0.25) is 5.91 Å². The summed E-state index contributed by atoms with van der Waals surface area (Å²) in [7, 11) is 0. The van der Waals surface area contributed by atoms with Crippen molar-refractivity contribution in [2.24, 2.45) is 0 Å². The van der Waals surface area contributed by atoms with Crippen LogP contribution in [0.15, 0.2) is 16.5 Å². The van der Waals surface area contributed by atoms with E-state index >= 15 is 0 Å². The molecule has 2 amide bonds. The number of carbonyl (C=O) groups is 2. The van der Waals surface area contributed by atoms with Crippen LogP contribution in [0.3, 0.4) is 0 Å². The van der Waals surface area contributed by atoms with E-state index in [1.165, 1.54) is 0 Å². The van der Waals surface area contributed by atoms with Crippen LogP contribution in [0.5, 0.6) is 0 Å². The van der Waals surface area contributed by atoms with Crippen molar-refractivity contribution in [3.63, 3.8) is 0 Å². The number of amides is 2. The molecule has 1 saturated heterocycles. The lowest BCUT2D eigenvalue weighted by Crippen LogP contribution is -2.51. The van der Waals surface area contributed by atoms with Crippen LogP contribution < -0.4 is 0 Å². The van der Waals surface area contributed by atoms with Gasteiger partial charge in [-0.3, -0.25) is 9.59 Å². The van der Waals surface area contributed by atoms with E-state index in [2.05, 4.69) is 0 Å². The Balaban J connectivity index is 1.94. The number of aryl methyl sites for hydroxylation is 1. The van der Waals surface area contributed by atoms with Gasteiger partial charge < -0.3 is 19.3 Å². The maximum Gasteiger partial charge on any atom is 0.289 e. The third kappa shape index (κ3) is 2.96. The third-order valence-corrected chi connectivity index (χ3v) is 3.28. The monoisotopic (exact) mass is 266 g/mol. The maximum atomic E-state index is 12.2. The maximum absolute atomic E-state index is 12.2. The average molecular weight is 266 g/mol. The molecule has 0 unspecified atom stereocenters. The van der Waals surface area contributed by atoms with Gasteiger partial charge in [0.15, 0.2) is 5.76 Å². The van der Waals surface area contributed by atoms with Crippen molar-refractivity contribution in [1.29, 1.82) is 0 Å². The van der Waals surface area contributed by atoms with E-state index in [-0.39, 0.29) is 11.8 Å². The molecule has 2 heterocycles. The molecule has 0 atom stereocenters. The van der Waals surface area contributed by atoms with Crippen molar-refractivity contribution in [1.82, 2.24) is 9.80 Å². The van der Waals surface area contributed by atoms with Crippen LogP contribution in [-0.4, -0.2) is 59.5 Å². The van der Waals surface area contributed by atoms with Crippen LogP contribution >= 0.6 is 0 Å². The second kappa shape index (κ2) is 5.88. The Labute approximate surface area is 111 Å². The van der Waals surface area contributed by atoms with E-state index in [0.29, 0.717) is 31.9 Å². The Hall–Kier alpha value is -1.82. The van der Waals surface area contributed by atoms with Crippen molar-refractivity contribution in [2.45, 2.75) is 13.3 Å². The minimum atomic E-state index is -0.480. The second-order valence-electron chi connectivity index (χ2n) is 4.45. The average Bonchev–Trinajstić information content (AvgIpc) is 2.94. The van der Waals surface area contributed by atoms with Crippen LogP contribution in [0.1, 0.15) is 23.2 Å². The van der Waals surface area contributed by atoms with Gasteiger partial charge in [-0.2, -0.15) is 0 Å². The number of hydrogen-bond acceptors (Lipinski definition) is 4. The Kier molecular flexibility index (Phi) is 4.21. The molecule has 2 rings (SSSR count). The largest absolute Gasteiger partial charge is 0.456 e. The van der Waals surface area contributed by atoms with Crippen LogP contribution in [0.25, 0.3) is 0 Å². The molecule has 0 aromatic carbocycles. The van der Waals surface area contributed by atoms with Gasteiger partial charge in [0.1, 0.15) is 12.4 Å². The zero-order valence-electron chi connectivity index (χ0n) is 11.0. The molecule has 0 bridgehead atoms. The smallest absolute Gasteiger partial charge is 0.289 e. The normalized spacial score (nSPS) is 15.7. The third-order valence-electron chi connectivity index (χ3n) is 3.28. The van der Waals surface area contributed by atoms with Crippen molar-refractivity contribution < 1.29 is 19.1 Å². The highest BCUT2D eigenvalue weighted by atomic mass is 16.4. The van der Waals surface area contributed by atoms with Gasteiger partial charge in [0.25, 0.3) is 5.91 Å².